The Bertz CT molecular complexity index is 849. The summed E-state index contributed by atoms with van der Waals surface area (Å²) < 4.78 is 7.63. The van der Waals surface area contributed by atoms with Gasteiger partial charge in [-0.3, -0.25) is 9.48 Å². The van der Waals surface area contributed by atoms with Gasteiger partial charge in [-0.2, -0.15) is 5.10 Å². The maximum atomic E-state index is 11.5. The number of allylic oxidation sites excluding steroid dienone is 2. The molecule has 1 heterocycles. The van der Waals surface area contributed by atoms with E-state index in [9.17, 15) is 4.79 Å². The van der Waals surface area contributed by atoms with Crippen molar-refractivity contribution in [2.75, 3.05) is 0 Å². The highest BCUT2D eigenvalue weighted by Crippen LogP contribution is 2.66. The number of fused-ring (bicyclic) bond motifs is 5. The first-order chi connectivity index (χ1) is 14.8. The summed E-state index contributed by atoms with van der Waals surface area (Å²) in [5.74, 6) is 3.40. The molecule has 4 aliphatic rings. The molecule has 5 rings (SSSR count). The Hall–Kier alpha value is -1.65. The molecule has 4 unspecified atom stereocenters. The molecule has 4 aliphatic carbocycles. The molecule has 0 saturated heterocycles. The van der Waals surface area contributed by atoms with Gasteiger partial charge < -0.3 is 4.74 Å². The van der Waals surface area contributed by atoms with Gasteiger partial charge in [-0.1, -0.05) is 32.4 Å². The minimum atomic E-state index is -0.119. The van der Waals surface area contributed by atoms with E-state index in [4.69, 9.17) is 4.74 Å². The second kappa shape index (κ2) is 7.74. The fourth-order valence-electron chi connectivity index (χ4n) is 8.54. The third-order valence-corrected chi connectivity index (χ3v) is 10.1. The number of carbonyl (C=O) groups is 1. The van der Waals surface area contributed by atoms with Gasteiger partial charge in [-0.15, -0.1) is 0 Å². The van der Waals surface area contributed by atoms with Crippen LogP contribution in [0.25, 0.3) is 0 Å². The van der Waals surface area contributed by atoms with Gasteiger partial charge in [0.15, 0.2) is 0 Å². The largest absolute Gasteiger partial charge is 0.463 e. The van der Waals surface area contributed by atoms with E-state index < -0.39 is 0 Å². The van der Waals surface area contributed by atoms with Crippen LogP contribution in [0.2, 0.25) is 0 Å². The standard InChI is InChI=1S/C26H39N3O2/c1-17(14-29-16-27-15-28-29)22-7-8-23-21-6-5-19-13-20(31-18(2)30)9-11-25(19,3)24(21)10-12-26(22,23)4/h6,15-17,19-20,22-24H,5,7-14H2,1-4H3/t17-,19?,20+,22?,23?,24?,25+,26-/m1/s1. The summed E-state index contributed by atoms with van der Waals surface area (Å²) in [5.41, 5.74) is 2.60. The average molecular weight is 426 g/mol. The molecule has 5 heteroatoms. The molecular weight excluding hydrogens is 386 g/mol. The fraction of sp³-hybridized carbons (Fsp3) is 0.808. The van der Waals surface area contributed by atoms with E-state index in [-0.39, 0.29) is 12.1 Å². The van der Waals surface area contributed by atoms with Crippen LogP contribution in [0, 0.1) is 40.4 Å². The number of ether oxygens (including phenoxy) is 1. The lowest BCUT2D eigenvalue weighted by molar-refractivity contribution is -0.152. The summed E-state index contributed by atoms with van der Waals surface area (Å²) in [6.07, 6.45) is 16.1. The van der Waals surface area contributed by atoms with Crippen LogP contribution >= 0.6 is 0 Å². The lowest BCUT2D eigenvalue weighted by Crippen LogP contribution is -2.50. The zero-order chi connectivity index (χ0) is 21.8. The molecule has 0 N–H and O–H groups in total. The summed E-state index contributed by atoms with van der Waals surface area (Å²) in [6.45, 7) is 10.1. The Balaban J connectivity index is 1.34. The quantitative estimate of drug-likeness (QED) is 0.477. The molecule has 3 saturated carbocycles. The molecule has 170 valence electrons. The first kappa shape index (κ1) is 21.2. The van der Waals surface area contributed by atoms with E-state index in [2.05, 4.69) is 36.9 Å². The van der Waals surface area contributed by atoms with E-state index in [0.29, 0.717) is 22.7 Å². The van der Waals surface area contributed by atoms with E-state index in [1.54, 1.807) is 18.8 Å². The molecule has 0 spiro atoms. The van der Waals surface area contributed by atoms with Crippen molar-refractivity contribution in [1.82, 2.24) is 14.8 Å². The lowest BCUT2D eigenvalue weighted by atomic mass is 9.47. The normalized spacial score (nSPS) is 42.7. The molecule has 0 radical (unpaired) electrons. The molecule has 8 atom stereocenters. The third-order valence-electron chi connectivity index (χ3n) is 10.1. The van der Waals surface area contributed by atoms with Gasteiger partial charge in [0, 0.05) is 13.5 Å². The molecule has 1 aromatic rings. The van der Waals surface area contributed by atoms with Gasteiger partial charge in [0.25, 0.3) is 0 Å². The predicted octanol–water partition coefficient (Wildman–Crippen LogP) is 5.42. The van der Waals surface area contributed by atoms with E-state index in [1.165, 1.54) is 38.5 Å². The van der Waals surface area contributed by atoms with E-state index in [1.807, 2.05) is 11.0 Å². The maximum absolute atomic E-state index is 11.5. The maximum Gasteiger partial charge on any atom is 0.302 e. The molecule has 0 aliphatic heterocycles. The third kappa shape index (κ3) is 3.47. The minimum absolute atomic E-state index is 0.119. The second-order valence-corrected chi connectivity index (χ2v) is 11.6. The first-order valence-corrected chi connectivity index (χ1v) is 12.5. The van der Waals surface area contributed by atoms with Crippen LogP contribution in [0.4, 0.5) is 0 Å². The molecule has 0 bridgehead atoms. The first-order valence-electron chi connectivity index (χ1n) is 12.5. The topological polar surface area (TPSA) is 57.0 Å². The Kier molecular flexibility index (Phi) is 5.29. The highest BCUT2D eigenvalue weighted by Gasteiger charge is 2.58. The molecule has 0 aromatic carbocycles. The van der Waals surface area contributed by atoms with Crippen LogP contribution in [0.5, 0.6) is 0 Å². The summed E-state index contributed by atoms with van der Waals surface area (Å²) in [7, 11) is 0. The van der Waals surface area contributed by atoms with Gasteiger partial charge in [-0.25, -0.2) is 4.98 Å². The van der Waals surface area contributed by atoms with Crippen molar-refractivity contribution in [3.05, 3.63) is 24.3 Å². The Morgan fingerprint density at radius 1 is 1.19 bits per heavy atom. The van der Waals surface area contributed by atoms with Crippen molar-refractivity contribution in [3.63, 3.8) is 0 Å². The number of nitrogens with zero attached hydrogens (tertiary/aromatic N) is 3. The van der Waals surface area contributed by atoms with Crippen molar-refractivity contribution < 1.29 is 9.53 Å². The Labute approximate surface area is 187 Å². The van der Waals surface area contributed by atoms with Crippen LogP contribution in [0.1, 0.15) is 79.1 Å². The number of rotatable bonds is 4. The van der Waals surface area contributed by atoms with Gasteiger partial charge in [0.05, 0.1) is 0 Å². The molecular formula is C26H39N3O2. The number of aromatic nitrogens is 3. The lowest BCUT2D eigenvalue weighted by Gasteiger charge is -2.58. The zero-order valence-corrected chi connectivity index (χ0v) is 19.7. The monoisotopic (exact) mass is 425 g/mol. The zero-order valence-electron chi connectivity index (χ0n) is 19.7. The van der Waals surface area contributed by atoms with Crippen molar-refractivity contribution in [2.45, 2.75) is 91.7 Å². The minimum Gasteiger partial charge on any atom is -0.463 e. The molecule has 0 amide bonds. The van der Waals surface area contributed by atoms with Crippen LogP contribution < -0.4 is 0 Å². The van der Waals surface area contributed by atoms with E-state index in [0.717, 1.165) is 37.1 Å². The molecule has 3 fully saturated rings. The summed E-state index contributed by atoms with van der Waals surface area (Å²) in [6, 6.07) is 0. The Morgan fingerprint density at radius 3 is 2.71 bits per heavy atom. The van der Waals surface area contributed by atoms with Gasteiger partial charge >= 0.3 is 5.97 Å². The average Bonchev–Trinajstić information content (AvgIpc) is 3.34. The summed E-state index contributed by atoms with van der Waals surface area (Å²) in [5, 5.41) is 4.36. The van der Waals surface area contributed by atoms with Gasteiger partial charge in [0.2, 0.25) is 0 Å². The van der Waals surface area contributed by atoms with Crippen LogP contribution in [0.15, 0.2) is 24.3 Å². The molecule has 31 heavy (non-hydrogen) atoms. The van der Waals surface area contributed by atoms with Crippen molar-refractivity contribution in [2.24, 2.45) is 40.4 Å². The summed E-state index contributed by atoms with van der Waals surface area (Å²) in [4.78, 5) is 15.6. The molecule has 5 nitrogen and oxygen atoms in total. The molecule has 1 aromatic heterocycles. The number of hydrogen-bond acceptors (Lipinski definition) is 4. The van der Waals surface area contributed by atoms with E-state index >= 15 is 0 Å². The smallest absolute Gasteiger partial charge is 0.302 e. The fourth-order valence-corrected chi connectivity index (χ4v) is 8.54. The van der Waals surface area contributed by atoms with Crippen molar-refractivity contribution in [1.29, 1.82) is 0 Å². The van der Waals surface area contributed by atoms with Gasteiger partial charge in [0.1, 0.15) is 18.8 Å². The van der Waals surface area contributed by atoms with Crippen molar-refractivity contribution >= 4 is 5.97 Å². The van der Waals surface area contributed by atoms with Gasteiger partial charge in [-0.05, 0) is 91.8 Å². The van der Waals surface area contributed by atoms with Crippen LogP contribution in [0.3, 0.4) is 0 Å². The van der Waals surface area contributed by atoms with Crippen LogP contribution in [-0.4, -0.2) is 26.8 Å². The number of esters is 1. The Morgan fingerprint density at radius 2 is 1.97 bits per heavy atom. The predicted molar refractivity (Wildman–Crippen MR) is 120 cm³/mol. The number of carbonyl (C=O) groups excluding carboxylic acids is 1. The highest BCUT2D eigenvalue weighted by atomic mass is 16.5. The number of hydrogen-bond donors (Lipinski definition) is 0. The highest BCUT2D eigenvalue weighted by molar-refractivity contribution is 5.66. The second-order valence-electron chi connectivity index (χ2n) is 11.6. The van der Waals surface area contributed by atoms with Crippen molar-refractivity contribution in [3.8, 4) is 0 Å². The van der Waals surface area contributed by atoms with Crippen LogP contribution in [-0.2, 0) is 16.1 Å². The summed E-state index contributed by atoms with van der Waals surface area (Å²) >= 11 is 0. The SMILES string of the molecule is CC(=O)O[C@H]1CC[C@@]2(C)C(CC=C3C2CC[C@@]2(C)C3CCC2[C@H](C)Cn2cncn2)C1.